The lowest BCUT2D eigenvalue weighted by Gasteiger charge is -2.19. The van der Waals surface area contributed by atoms with E-state index in [0.717, 1.165) is 16.9 Å². The average molecular weight is 287 g/mol. The SMILES string of the molecule is COc1cc2nc(C(C)(C)C)n(CCC#N)c2cc1OC. The molecule has 0 unspecified atom stereocenters. The number of nitriles is 1. The Hall–Kier alpha value is -2.22. The van der Waals surface area contributed by atoms with Gasteiger partial charge in [-0.15, -0.1) is 0 Å². The van der Waals surface area contributed by atoms with E-state index < -0.39 is 0 Å². The van der Waals surface area contributed by atoms with Crippen LogP contribution in [0.3, 0.4) is 0 Å². The van der Waals surface area contributed by atoms with E-state index in [4.69, 9.17) is 19.7 Å². The zero-order chi connectivity index (χ0) is 15.6. The van der Waals surface area contributed by atoms with Crippen LogP contribution in [0.2, 0.25) is 0 Å². The van der Waals surface area contributed by atoms with Crippen LogP contribution < -0.4 is 9.47 Å². The number of hydrogen-bond donors (Lipinski definition) is 0. The molecule has 0 amide bonds. The molecule has 0 radical (unpaired) electrons. The second kappa shape index (κ2) is 5.65. The fourth-order valence-electron chi connectivity index (χ4n) is 2.41. The number of aromatic nitrogens is 2. The van der Waals surface area contributed by atoms with Crippen molar-refractivity contribution in [2.45, 2.75) is 39.2 Å². The Kier molecular flexibility index (Phi) is 4.08. The van der Waals surface area contributed by atoms with E-state index >= 15 is 0 Å². The molecule has 2 aromatic rings. The molecule has 1 aromatic heterocycles. The summed E-state index contributed by atoms with van der Waals surface area (Å²) in [5.41, 5.74) is 1.72. The van der Waals surface area contributed by atoms with Crippen LogP contribution in [-0.4, -0.2) is 23.8 Å². The van der Waals surface area contributed by atoms with Gasteiger partial charge in [0.25, 0.3) is 0 Å². The van der Waals surface area contributed by atoms with Crippen molar-refractivity contribution in [2.24, 2.45) is 0 Å². The number of ether oxygens (including phenoxy) is 2. The molecule has 1 heterocycles. The Morgan fingerprint density at radius 3 is 2.33 bits per heavy atom. The van der Waals surface area contributed by atoms with Gasteiger partial charge in [-0.3, -0.25) is 0 Å². The molecule has 112 valence electrons. The fraction of sp³-hybridized carbons (Fsp3) is 0.500. The first-order valence-electron chi connectivity index (χ1n) is 6.92. The van der Waals surface area contributed by atoms with Crippen LogP contribution in [0.4, 0.5) is 0 Å². The van der Waals surface area contributed by atoms with Gasteiger partial charge in [-0.25, -0.2) is 4.98 Å². The third kappa shape index (κ3) is 2.80. The van der Waals surface area contributed by atoms with E-state index in [1.807, 2.05) is 12.1 Å². The lowest BCUT2D eigenvalue weighted by molar-refractivity contribution is 0.355. The number of nitrogens with zero attached hydrogens (tertiary/aromatic N) is 3. The van der Waals surface area contributed by atoms with Gasteiger partial charge < -0.3 is 14.0 Å². The molecule has 21 heavy (non-hydrogen) atoms. The highest BCUT2D eigenvalue weighted by atomic mass is 16.5. The second-order valence-electron chi connectivity index (χ2n) is 5.94. The van der Waals surface area contributed by atoms with Crippen molar-refractivity contribution in [1.82, 2.24) is 9.55 Å². The Balaban J connectivity index is 2.71. The van der Waals surface area contributed by atoms with Crippen molar-refractivity contribution < 1.29 is 9.47 Å². The number of methoxy groups -OCH3 is 2. The predicted octanol–water partition coefficient (Wildman–Crippen LogP) is 3.26. The molecule has 1 aromatic carbocycles. The van der Waals surface area contributed by atoms with Gasteiger partial charge >= 0.3 is 0 Å². The van der Waals surface area contributed by atoms with Crippen LogP contribution in [0.1, 0.15) is 33.0 Å². The summed E-state index contributed by atoms with van der Waals surface area (Å²) in [6, 6.07) is 6.00. The van der Waals surface area contributed by atoms with Gasteiger partial charge in [-0.2, -0.15) is 5.26 Å². The molecule has 5 heteroatoms. The monoisotopic (exact) mass is 287 g/mol. The molecule has 0 aliphatic heterocycles. The van der Waals surface area contributed by atoms with Crippen molar-refractivity contribution in [3.63, 3.8) is 0 Å². The number of fused-ring (bicyclic) bond motifs is 1. The van der Waals surface area contributed by atoms with Gasteiger partial charge in [0.05, 0.1) is 37.7 Å². The molecule has 0 saturated carbocycles. The standard InChI is InChI=1S/C16H21N3O2/c1-16(2,3)15-18-11-9-13(20-4)14(21-5)10-12(11)19(15)8-6-7-17/h9-10H,6,8H2,1-5H3. The Bertz CT molecular complexity index is 690. The van der Waals surface area contributed by atoms with Crippen LogP contribution in [0.5, 0.6) is 11.5 Å². The van der Waals surface area contributed by atoms with Gasteiger partial charge in [0.15, 0.2) is 11.5 Å². The van der Waals surface area contributed by atoms with Crippen molar-refractivity contribution >= 4 is 11.0 Å². The number of hydrogen-bond acceptors (Lipinski definition) is 4. The first-order chi connectivity index (χ1) is 9.92. The molecule has 0 aliphatic rings. The third-order valence-electron chi connectivity index (χ3n) is 3.37. The number of rotatable bonds is 4. The first kappa shape index (κ1) is 15.2. The van der Waals surface area contributed by atoms with Crippen molar-refractivity contribution in [2.75, 3.05) is 14.2 Å². The van der Waals surface area contributed by atoms with E-state index in [2.05, 4.69) is 31.4 Å². The van der Waals surface area contributed by atoms with E-state index in [1.54, 1.807) is 14.2 Å². The normalized spacial score (nSPS) is 11.4. The summed E-state index contributed by atoms with van der Waals surface area (Å²) < 4.78 is 12.8. The van der Waals surface area contributed by atoms with Crippen LogP contribution >= 0.6 is 0 Å². The maximum atomic E-state index is 8.89. The Labute approximate surface area is 125 Å². The molecule has 0 fully saturated rings. The smallest absolute Gasteiger partial charge is 0.163 e. The van der Waals surface area contributed by atoms with Gasteiger partial charge in [0.1, 0.15) is 5.82 Å². The summed E-state index contributed by atoms with van der Waals surface area (Å²) in [5.74, 6) is 2.29. The highest BCUT2D eigenvalue weighted by molar-refractivity contribution is 5.81. The number of imidazole rings is 1. The minimum Gasteiger partial charge on any atom is -0.493 e. The molecule has 0 atom stereocenters. The third-order valence-corrected chi connectivity index (χ3v) is 3.37. The maximum absolute atomic E-state index is 8.89. The highest BCUT2D eigenvalue weighted by Gasteiger charge is 2.23. The Morgan fingerprint density at radius 1 is 1.19 bits per heavy atom. The molecular formula is C16H21N3O2. The fourth-order valence-corrected chi connectivity index (χ4v) is 2.41. The lowest BCUT2D eigenvalue weighted by Crippen LogP contribution is -2.19. The summed E-state index contributed by atoms with van der Waals surface area (Å²) in [7, 11) is 3.23. The zero-order valence-corrected chi connectivity index (χ0v) is 13.2. The lowest BCUT2D eigenvalue weighted by atomic mass is 9.95. The van der Waals surface area contributed by atoms with Gasteiger partial charge in [0, 0.05) is 24.1 Å². The zero-order valence-electron chi connectivity index (χ0n) is 13.2. The Morgan fingerprint density at radius 2 is 1.81 bits per heavy atom. The molecule has 0 bridgehead atoms. The minimum absolute atomic E-state index is 0.102. The van der Waals surface area contributed by atoms with E-state index in [0.29, 0.717) is 24.5 Å². The van der Waals surface area contributed by atoms with Gasteiger partial charge in [-0.1, -0.05) is 20.8 Å². The molecule has 0 N–H and O–H groups in total. The van der Waals surface area contributed by atoms with E-state index in [9.17, 15) is 0 Å². The minimum atomic E-state index is -0.102. The predicted molar refractivity (Wildman–Crippen MR) is 81.8 cm³/mol. The quantitative estimate of drug-likeness (QED) is 0.866. The molecule has 0 spiro atoms. The van der Waals surface area contributed by atoms with Crippen LogP contribution in [0.15, 0.2) is 12.1 Å². The molecule has 5 nitrogen and oxygen atoms in total. The van der Waals surface area contributed by atoms with E-state index in [1.165, 1.54) is 0 Å². The molecule has 2 rings (SSSR count). The summed E-state index contributed by atoms with van der Waals surface area (Å²) >= 11 is 0. The van der Waals surface area contributed by atoms with Crippen LogP contribution in [0, 0.1) is 11.3 Å². The first-order valence-corrected chi connectivity index (χ1v) is 6.92. The molecule has 0 saturated heterocycles. The molecule has 0 aliphatic carbocycles. The van der Waals surface area contributed by atoms with Crippen LogP contribution in [-0.2, 0) is 12.0 Å². The van der Waals surface area contributed by atoms with Crippen LogP contribution in [0.25, 0.3) is 11.0 Å². The summed E-state index contributed by atoms with van der Waals surface area (Å²) in [6.45, 7) is 6.97. The highest BCUT2D eigenvalue weighted by Crippen LogP contribution is 2.34. The topological polar surface area (TPSA) is 60.1 Å². The number of benzene rings is 1. The average Bonchev–Trinajstić information content (AvgIpc) is 2.81. The summed E-state index contributed by atoms with van der Waals surface area (Å²) in [6.07, 6.45) is 0.447. The van der Waals surface area contributed by atoms with Crippen molar-refractivity contribution in [3.05, 3.63) is 18.0 Å². The van der Waals surface area contributed by atoms with Gasteiger partial charge in [0.2, 0.25) is 0 Å². The second-order valence-corrected chi connectivity index (χ2v) is 5.94. The summed E-state index contributed by atoms with van der Waals surface area (Å²) in [5, 5.41) is 8.89. The van der Waals surface area contributed by atoms with Crippen molar-refractivity contribution in [1.29, 1.82) is 5.26 Å². The number of aryl methyl sites for hydroxylation is 1. The van der Waals surface area contributed by atoms with Crippen molar-refractivity contribution in [3.8, 4) is 17.6 Å². The maximum Gasteiger partial charge on any atom is 0.163 e. The van der Waals surface area contributed by atoms with E-state index in [-0.39, 0.29) is 5.41 Å². The molecular weight excluding hydrogens is 266 g/mol. The summed E-state index contributed by atoms with van der Waals surface area (Å²) in [4.78, 5) is 4.74. The largest absolute Gasteiger partial charge is 0.493 e. The van der Waals surface area contributed by atoms with Gasteiger partial charge in [-0.05, 0) is 0 Å².